The summed E-state index contributed by atoms with van der Waals surface area (Å²) in [5.74, 6) is -0.0949. The van der Waals surface area contributed by atoms with Crippen molar-refractivity contribution >= 4 is 11.6 Å². The molecule has 104 valence electrons. The molecule has 1 aromatic heterocycles. The van der Waals surface area contributed by atoms with E-state index in [9.17, 15) is 4.79 Å². The molecule has 0 aliphatic rings. The van der Waals surface area contributed by atoms with Gasteiger partial charge in [-0.25, -0.2) is 4.98 Å². The van der Waals surface area contributed by atoms with Gasteiger partial charge in [0.25, 0.3) is 5.91 Å². The summed E-state index contributed by atoms with van der Waals surface area (Å²) < 4.78 is 0. The number of hydrogen-bond donors (Lipinski definition) is 1. The van der Waals surface area contributed by atoms with Crippen LogP contribution < -0.4 is 4.90 Å². The van der Waals surface area contributed by atoms with Crippen LogP contribution in [0.3, 0.4) is 0 Å². The molecule has 1 N–H and O–H groups in total. The molecule has 0 saturated heterocycles. The van der Waals surface area contributed by atoms with Gasteiger partial charge in [-0.1, -0.05) is 48.5 Å². The Bertz CT molecular complexity index is 693. The summed E-state index contributed by atoms with van der Waals surface area (Å²) in [6, 6.07) is 19.6. The molecular formula is C17H15N3O. The van der Waals surface area contributed by atoms with Crippen LogP contribution in [0.15, 0.2) is 73.2 Å². The zero-order chi connectivity index (χ0) is 14.5. The zero-order valence-corrected chi connectivity index (χ0v) is 11.4. The van der Waals surface area contributed by atoms with E-state index in [1.807, 2.05) is 60.7 Å². The Hall–Kier alpha value is -2.88. The summed E-state index contributed by atoms with van der Waals surface area (Å²) in [4.78, 5) is 21.2. The summed E-state index contributed by atoms with van der Waals surface area (Å²) in [6.45, 7) is 0.517. The molecule has 0 aliphatic heterocycles. The molecule has 0 bridgehead atoms. The second-order valence-electron chi connectivity index (χ2n) is 4.68. The van der Waals surface area contributed by atoms with Crippen molar-refractivity contribution in [2.45, 2.75) is 6.54 Å². The van der Waals surface area contributed by atoms with Crippen molar-refractivity contribution in [3.8, 4) is 0 Å². The topological polar surface area (TPSA) is 49.0 Å². The lowest BCUT2D eigenvalue weighted by atomic mass is 10.2. The maximum atomic E-state index is 12.7. The molecule has 1 amide bonds. The Morgan fingerprint density at radius 2 is 1.67 bits per heavy atom. The second-order valence-corrected chi connectivity index (χ2v) is 4.68. The number of benzene rings is 2. The minimum Gasteiger partial charge on any atom is -0.341 e. The average molecular weight is 277 g/mol. The van der Waals surface area contributed by atoms with E-state index in [0.717, 1.165) is 11.3 Å². The van der Waals surface area contributed by atoms with Crippen LogP contribution in [0.4, 0.5) is 5.69 Å². The van der Waals surface area contributed by atoms with E-state index in [1.165, 1.54) is 6.33 Å². The SMILES string of the molecule is O=C(c1cnc[nH]1)N(Cc1ccccc1)c1ccccc1. The van der Waals surface area contributed by atoms with Gasteiger partial charge < -0.3 is 9.88 Å². The van der Waals surface area contributed by atoms with Gasteiger partial charge in [0.05, 0.1) is 19.1 Å². The fraction of sp³-hybridized carbons (Fsp3) is 0.0588. The number of nitrogens with one attached hydrogen (secondary N) is 1. The van der Waals surface area contributed by atoms with E-state index < -0.39 is 0 Å². The number of hydrogen-bond acceptors (Lipinski definition) is 2. The third kappa shape index (κ3) is 3.00. The van der Waals surface area contributed by atoms with Crippen molar-refractivity contribution in [3.63, 3.8) is 0 Å². The van der Waals surface area contributed by atoms with E-state index in [4.69, 9.17) is 0 Å². The zero-order valence-electron chi connectivity index (χ0n) is 11.4. The van der Waals surface area contributed by atoms with Gasteiger partial charge in [0.1, 0.15) is 5.69 Å². The van der Waals surface area contributed by atoms with E-state index >= 15 is 0 Å². The highest BCUT2D eigenvalue weighted by Crippen LogP contribution is 2.19. The number of imidazole rings is 1. The lowest BCUT2D eigenvalue weighted by Crippen LogP contribution is -2.30. The number of carbonyl (C=O) groups is 1. The van der Waals surface area contributed by atoms with Gasteiger partial charge in [0, 0.05) is 5.69 Å². The first kappa shape index (κ1) is 13.1. The van der Waals surface area contributed by atoms with E-state index in [2.05, 4.69) is 9.97 Å². The predicted molar refractivity (Wildman–Crippen MR) is 82.0 cm³/mol. The van der Waals surface area contributed by atoms with Crippen molar-refractivity contribution in [1.82, 2.24) is 9.97 Å². The van der Waals surface area contributed by atoms with E-state index in [0.29, 0.717) is 12.2 Å². The Kier molecular flexibility index (Phi) is 3.78. The molecule has 1 heterocycles. The molecule has 0 radical (unpaired) electrons. The molecule has 21 heavy (non-hydrogen) atoms. The minimum atomic E-state index is -0.0949. The normalized spacial score (nSPS) is 10.3. The van der Waals surface area contributed by atoms with Gasteiger partial charge in [-0.15, -0.1) is 0 Å². The molecule has 0 saturated carbocycles. The van der Waals surface area contributed by atoms with E-state index in [1.54, 1.807) is 11.1 Å². The number of amides is 1. The maximum Gasteiger partial charge on any atom is 0.276 e. The molecule has 0 atom stereocenters. The lowest BCUT2D eigenvalue weighted by molar-refractivity contribution is 0.0981. The van der Waals surface area contributed by atoms with Crippen molar-refractivity contribution in [2.75, 3.05) is 4.90 Å². The number of para-hydroxylation sites is 1. The van der Waals surface area contributed by atoms with Gasteiger partial charge in [0.15, 0.2) is 0 Å². The summed E-state index contributed by atoms with van der Waals surface area (Å²) in [5, 5.41) is 0. The summed E-state index contributed by atoms with van der Waals surface area (Å²) >= 11 is 0. The van der Waals surface area contributed by atoms with Crippen LogP contribution in [0.1, 0.15) is 16.1 Å². The third-order valence-corrected chi connectivity index (χ3v) is 3.23. The Morgan fingerprint density at radius 1 is 1.00 bits per heavy atom. The summed E-state index contributed by atoms with van der Waals surface area (Å²) in [6.07, 6.45) is 3.06. The van der Waals surface area contributed by atoms with Gasteiger partial charge in [-0.3, -0.25) is 4.79 Å². The van der Waals surface area contributed by atoms with Gasteiger partial charge in [0.2, 0.25) is 0 Å². The first-order valence-electron chi connectivity index (χ1n) is 6.74. The first-order chi connectivity index (χ1) is 10.3. The summed E-state index contributed by atoms with van der Waals surface area (Å²) in [5.41, 5.74) is 2.42. The van der Waals surface area contributed by atoms with E-state index in [-0.39, 0.29) is 5.91 Å². The first-order valence-corrected chi connectivity index (χ1v) is 6.74. The monoisotopic (exact) mass is 277 g/mol. The lowest BCUT2D eigenvalue weighted by Gasteiger charge is -2.22. The molecule has 3 aromatic rings. The third-order valence-electron chi connectivity index (χ3n) is 3.23. The molecule has 4 nitrogen and oxygen atoms in total. The van der Waals surface area contributed by atoms with Crippen molar-refractivity contribution in [1.29, 1.82) is 0 Å². The smallest absolute Gasteiger partial charge is 0.276 e. The molecule has 4 heteroatoms. The van der Waals surface area contributed by atoms with Crippen molar-refractivity contribution in [2.24, 2.45) is 0 Å². The molecule has 0 unspecified atom stereocenters. The molecule has 0 spiro atoms. The molecule has 0 aliphatic carbocycles. The maximum absolute atomic E-state index is 12.7. The molecule has 0 fully saturated rings. The Balaban J connectivity index is 1.93. The largest absolute Gasteiger partial charge is 0.341 e. The Morgan fingerprint density at radius 3 is 2.29 bits per heavy atom. The van der Waals surface area contributed by atoms with Gasteiger partial charge in [-0.2, -0.15) is 0 Å². The number of carbonyl (C=O) groups excluding carboxylic acids is 1. The fourth-order valence-electron chi connectivity index (χ4n) is 2.17. The van der Waals surface area contributed by atoms with Gasteiger partial charge >= 0.3 is 0 Å². The molecule has 3 rings (SSSR count). The van der Waals surface area contributed by atoms with Crippen molar-refractivity contribution < 1.29 is 4.79 Å². The number of anilines is 1. The number of aromatic nitrogens is 2. The van der Waals surface area contributed by atoms with Crippen molar-refractivity contribution in [3.05, 3.63) is 84.4 Å². The average Bonchev–Trinajstić information content (AvgIpc) is 3.08. The highest BCUT2D eigenvalue weighted by molar-refractivity contribution is 6.04. The number of aromatic amines is 1. The highest BCUT2D eigenvalue weighted by Gasteiger charge is 2.18. The Labute approximate surface area is 123 Å². The van der Waals surface area contributed by atoms with Crippen LogP contribution >= 0.6 is 0 Å². The predicted octanol–water partition coefficient (Wildman–Crippen LogP) is 3.26. The van der Waals surface area contributed by atoms with Crippen LogP contribution in [-0.4, -0.2) is 15.9 Å². The molecule has 2 aromatic carbocycles. The summed E-state index contributed by atoms with van der Waals surface area (Å²) in [7, 11) is 0. The van der Waals surface area contributed by atoms with Crippen LogP contribution in [0.2, 0.25) is 0 Å². The van der Waals surface area contributed by atoms with Crippen LogP contribution in [0.5, 0.6) is 0 Å². The number of rotatable bonds is 4. The quantitative estimate of drug-likeness (QED) is 0.795. The fourth-order valence-corrected chi connectivity index (χ4v) is 2.17. The van der Waals surface area contributed by atoms with Crippen LogP contribution in [0, 0.1) is 0 Å². The van der Waals surface area contributed by atoms with Gasteiger partial charge in [-0.05, 0) is 17.7 Å². The molecular weight excluding hydrogens is 262 g/mol. The van der Waals surface area contributed by atoms with Crippen LogP contribution in [0.25, 0.3) is 0 Å². The minimum absolute atomic E-state index is 0.0949. The highest BCUT2D eigenvalue weighted by atomic mass is 16.2. The standard InChI is InChI=1S/C17H15N3O/c21-17(16-11-18-13-19-16)20(15-9-5-2-6-10-15)12-14-7-3-1-4-8-14/h1-11,13H,12H2,(H,18,19). The second kappa shape index (κ2) is 6.05. The number of nitrogens with zero attached hydrogens (tertiary/aromatic N) is 2. The van der Waals surface area contributed by atoms with Crippen LogP contribution in [-0.2, 0) is 6.54 Å². The number of H-pyrrole nitrogens is 1.